The summed E-state index contributed by atoms with van der Waals surface area (Å²) in [5.74, 6) is 0.202. The standard InChI is InChI=1S/C14H20ClNO2S/c1-14(2)8-7-12(9-14)16-19(17,18)13-6-4-3-5-11(13)10-15/h3-6,12,16H,7-10H2,1-2H3. The molecule has 5 heteroatoms. The molecule has 1 fully saturated rings. The van der Waals surface area contributed by atoms with Crippen molar-refractivity contribution in [1.82, 2.24) is 4.72 Å². The minimum atomic E-state index is -3.47. The van der Waals surface area contributed by atoms with E-state index in [1.807, 2.05) is 0 Å². The van der Waals surface area contributed by atoms with E-state index in [1.54, 1.807) is 24.3 Å². The smallest absolute Gasteiger partial charge is 0.208 e. The first-order valence-corrected chi connectivity index (χ1v) is 8.52. The minimum Gasteiger partial charge on any atom is -0.208 e. The fraction of sp³-hybridized carbons (Fsp3) is 0.571. The van der Waals surface area contributed by atoms with Gasteiger partial charge in [-0.1, -0.05) is 32.0 Å². The van der Waals surface area contributed by atoms with Crippen LogP contribution in [-0.2, 0) is 15.9 Å². The first-order chi connectivity index (χ1) is 8.84. The lowest BCUT2D eigenvalue weighted by atomic mass is 9.92. The van der Waals surface area contributed by atoms with Crippen LogP contribution in [0.4, 0.5) is 0 Å². The van der Waals surface area contributed by atoms with Crippen LogP contribution in [0.5, 0.6) is 0 Å². The second-order valence-corrected chi connectivity index (χ2v) is 7.92. The molecular weight excluding hydrogens is 282 g/mol. The number of alkyl halides is 1. The molecule has 0 aliphatic heterocycles. The molecule has 1 saturated carbocycles. The summed E-state index contributed by atoms with van der Waals surface area (Å²) in [7, 11) is -3.47. The Hall–Kier alpha value is -0.580. The third-order valence-electron chi connectivity index (χ3n) is 3.70. The Morgan fingerprint density at radius 2 is 2.05 bits per heavy atom. The number of sulfonamides is 1. The highest BCUT2D eigenvalue weighted by Crippen LogP contribution is 2.37. The highest BCUT2D eigenvalue weighted by molar-refractivity contribution is 7.89. The molecule has 2 rings (SSSR count). The van der Waals surface area contributed by atoms with E-state index in [0.29, 0.717) is 10.5 Å². The summed E-state index contributed by atoms with van der Waals surface area (Å²) >= 11 is 5.81. The number of hydrogen-bond acceptors (Lipinski definition) is 2. The molecule has 1 N–H and O–H groups in total. The fourth-order valence-corrected chi connectivity index (χ4v) is 4.52. The van der Waals surface area contributed by atoms with Crippen molar-refractivity contribution in [2.75, 3.05) is 0 Å². The predicted octanol–water partition coefficient (Wildman–Crippen LogP) is 3.28. The highest BCUT2D eigenvalue weighted by Gasteiger charge is 2.33. The minimum absolute atomic E-state index is 0.0309. The van der Waals surface area contributed by atoms with E-state index in [1.165, 1.54) is 0 Å². The topological polar surface area (TPSA) is 46.2 Å². The molecule has 1 aliphatic carbocycles. The van der Waals surface area contributed by atoms with Crippen LogP contribution in [0.1, 0.15) is 38.7 Å². The predicted molar refractivity (Wildman–Crippen MR) is 77.7 cm³/mol. The van der Waals surface area contributed by atoms with Gasteiger partial charge in [0.15, 0.2) is 0 Å². The summed E-state index contributed by atoms with van der Waals surface area (Å²) in [5.41, 5.74) is 0.869. The Morgan fingerprint density at radius 1 is 1.37 bits per heavy atom. The van der Waals surface area contributed by atoms with Gasteiger partial charge in [-0.2, -0.15) is 0 Å². The molecule has 0 aromatic heterocycles. The summed E-state index contributed by atoms with van der Waals surface area (Å²) in [6.07, 6.45) is 2.84. The molecule has 0 amide bonds. The molecule has 106 valence electrons. The summed E-state index contributed by atoms with van der Waals surface area (Å²) in [6.45, 7) is 4.35. The average Bonchev–Trinajstić information content (AvgIpc) is 2.67. The molecule has 0 bridgehead atoms. The second-order valence-electron chi connectivity index (χ2n) is 5.97. The number of rotatable bonds is 4. The lowest BCUT2D eigenvalue weighted by Crippen LogP contribution is -2.34. The lowest BCUT2D eigenvalue weighted by molar-refractivity contribution is 0.372. The van der Waals surface area contributed by atoms with Gasteiger partial charge in [-0.25, -0.2) is 13.1 Å². The van der Waals surface area contributed by atoms with Gasteiger partial charge < -0.3 is 0 Å². The van der Waals surface area contributed by atoms with Crippen molar-refractivity contribution in [3.63, 3.8) is 0 Å². The normalized spacial score (nSPS) is 22.6. The van der Waals surface area contributed by atoms with E-state index in [9.17, 15) is 8.42 Å². The Labute approximate surface area is 120 Å². The van der Waals surface area contributed by atoms with Crippen LogP contribution < -0.4 is 4.72 Å². The van der Waals surface area contributed by atoms with Crippen molar-refractivity contribution >= 4 is 21.6 Å². The van der Waals surface area contributed by atoms with E-state index in [-0.39, 0.29) is 17.3 Å². The maximum atomic E-state index is 12.4. The summed E-state index contributed by atoms with van der Waals surface area (Å²) < 4.78 is 27.6. The summed E-state index contributed by atoms with van der Waals surface area (Å²) in [4.78, 5) is 0.301. The van der Waals surface area contributed by atoms with Gasteiger partial charge in [-0.05, 0) is 36.3 Å². The van der Waals surface area contributed by atoms with Gasteiger partial charge in [0.25, 0.3) is 0 Å². The van der Waals surface area contributed by atoms with Gasteiger partial charge in [0.2, 0.25) is 10.0 Å². The zero-order valence-electron chi connectivity index (χ0n) is 11.3. The van der Waals surface area contributed by atoms with Gasteiger partial charge in [0.1, 0.15) is 0 Å². The molecule has 3 nitrogen and oxygen atoms in total. The van der Waals surface area contributed by atoms with E-state index in [4.69, 9.17) is 11.6 Å². The van der Waals surface area contributed by atoms with Gasteiger partial charge in [0.05, 0.1) is 4.90 Å². The zero-order chi connectivity index (χ0) is 14.1. The van der Waals surface area contributed by atoms with E-state index in [0.717, 1.165) is 19.3 Å². The molecule has 1 unspecified atom stereocenters. The van der Waals surface area contributed by atoms with E-state index >= 15 is 0 Å². The van der Waals surface area contributed by atoms with Crippen molar-refractivity contribution in [3.05, 3.63) is 29.8 Å². The fourth-order valence-electron chi connectivity index (χ4n) is 2.70. The number of benzene rings is 1. The zero-order valence-corrected chi connectivity index (χ0v) is 12.9. The van der Waals surface area contributed by atoms with Crippen molar-refractivity contribution in [2.24, 2.45) is 5.41 Å². The van der Waals surface area contributed by atoms with Crippen molar-refractivity contribution < 1.29 is 8.42 Å². The van der Waals surface area contributed by atoms with Gasteiger partial charge >= 0.3 is 0 Å². The molecular formula is C14H20ClNO2S. The van der Waals surface area contributed by atoms with Crippen LogP contribution in [0.15, 0.2) is 29.2 Å². The van der Waals surface area contributed by atoms with Crippen LogP contribution >= 0.6 is 11.6 Å². The first-order valence-electron chi connectivity index (χ1n) is 6.50. The van der Waals surface area contributed by atoms with E-state index < -0.39 is 10.0 Å². The monoisotopic (exact) mass is 301 g/mol. The highest BCUT2D eigenvalue weighted by atomic mass is 35.5. The average molecular weight is 302 g/mol. The molecule has 1 aromatic carbocycles. The molecule has 1 aromatic rings. The quantitative estimate of drug-likeness (QED) is 0.868. The van der Waals surface area contributed by atoms with Gasteiger partial charge in [-0.15, -0.1) is 11.6 Å². The molecule has 0 radical (unpaired) electrons. The molecule has 0 spiro atoms. The third kappa shape index (κ3) is 3.50. The maximum Gasteiger partial charge on any atom is 0.241 e. The van der Waals surface area contributed by atoms with E-state index in [2.05, 4.69) is 18.6 Å². The number of nitrogens with one attached hydrogen (secondary N) is 1. The number of hydrogen-bond donors (Lipinski definition) is 1. The molecule has 19 heavy (non-hydrogen) atoms. The molecule has 1 atom stereocenters. The summed E-state index contributed by atoms with van der Waals surface area (Å²) in [5, 5.41) is 0. The Bertz CT molecular complexity index is 554. The molecule has 0 heterocycles. The van der Waals surface area contributed by atoms with Crippen molar-refractivity contribution in [2.45, 2.75) is 49.9 Å². The second kappa shape index (κ2) is 5.43. The molecule has 0 saturated heterocycles. The summed E-state index contributed by atoms with van der Waals surface area (Å²) in [6, 6.07) is 6.92. The SMILES string of the molecule is CC1(C)CCC(NS(=O)(=O)c2ccccc2CCl)C1. The Balaban J connectivity index is 2.19. The number of halogens is 1. The Kier molecular flexibility index (Phi) is 4.23. The van der Waals surface area contributed by atoms with Crippen LogP contribution in [0.2, 0.25) is 0 Å². The lowest BCUT2D eigenvalue weighted by Gasteiger charge is -2.18. The maximum absolute atomic E-state index is 12.4. The third-order valence-corrected chi connectivity index (χ3v) is 5.61. The first kappa shape index (κ1) is 14.8. The van der Waals surface area contributed by atoms with Gasteiger partial charge in [-0.3, -0.25) is 0 Å². The van der Waals surface area contributed by atoms with Crippen molar-refractivity contribution in [3.8, 4) is 0 Å². The van der Waals surface area contributed by atoms with Crippen molar-refractivity contribution in [1.29, 1.82) is 0 Å². The molecule has 1 aliphatic rings. The van der Waals surface area contributed by atoms with Crippen LogP contribution in [0.3, 0.4) is 0 Å². The van der Waals surface area contributed by atoms with Crippen LogP contribution in [0.25, 0.3) is 0 Å². The van der Waals surface area contributed by atoms with Crippen LogP contribution in [-0.4, -0.2) is 14.5 Å². The van der Waals surface area contributed by atoms with Crippen LogP contribution in [0, 0.1) is 5.41 Å². The Morgan fingerprint density at radius 3 is 2.63 bits per heavy atom. The largest absolute Gasteiger partial charge is 0.241 e. The van der Waals surface area contributed by atoms with Gasteiger partial charge in [0, 0.05) is 11.9 Å².